The van der Waals surface area contributed by atoms with Gasteiger partial charge in [0.25, 0.3) is 0 Å². The van der Waals surface area contributed by atoms with Gasteiger partial charge in [-0.2, -0.15) is 0 Å². The third-order valence-electron chi connectivity index (χ3n) is 5.38. The molecule has 1 saturated carbocycles. The molecule has 0 aliphatic heterocycles. The van der Waals surface area contributed by atoms with Crippen LogP contribution in [0.5, 0.6) is 0 Å². The zero-order chi connectivity index (χ0) is 15.6. The van der Waals surface area contributed by atoms with Gasteiger partial charge in [0.2, 0.25) is 0 Å². The molecule has 0 aromatic rings. The maximum absolute atomic E-state index is 9.37. The standard InChI is InChI=1S/C18H38N2O/c1-16(14-21)17(2)20-18(15-19)12-10-8-6-4-3-5-7-9-11-13-18/h16-17,20-21H,3-15,19H2,1-2H3. The van der Waals surface area contributed by atoms with Crippen LogP contribution < -0.4 is 11.1 Å². The molecule has 0 radical (unpaired) electrons. The lowest BCUT2D eigenvalue weighted by atomic mass is 9.84. The summed E-state index contributed by atoms with van der Waals surface area (Å²) in [7, 11) is 0. The molecule has 0 amide bonds. The van der Waals surface area contributed by atoms with E-state index in [0.29, 0.717) is 6.04 Å². The molecule has 0 aromatic carbocycles. The number of nitrogens with two attached hydrogens (primary N) is 1. The van der Waals surface area contributed by atoms with E-state index in [2.05, 4.69) is 19.2 Å². The van der Waals surface area contributed by atoms with Gasteiger partial charge in [0, 0.05) is 24.7 Å². The Bertz CT molecular complexity index is 246. The first-order valence-corrected chi connectivity index (χ1v) is 9.22. The minimum atomic E-state index is 0.0854. The predicted molar refractivity (Wildman–Crippen MR) is 91.4 cm³/mol. The highest BCUT2D eigenvalue weighted by molar-refractivity contribution is 4.92. The second-order valence-electron chi connectivity index (χ2n) is 7.26. The Morgan fingerprint density at radius 2 is 1.33 bits per heavy atom. The van der Waals surface area contributed by atoms with E-state index in [-0.39, 0.29) is 18.1 Å². The second kappa shape index (κ2) is 10.6. The zero-order valence-corrected chi connectivity index (χ0v) is 14.4. The SMILES string of the molecule is CC(CO)C(C)NC1(CN)CCCCCCCCCCC1. The number of nitrogens with one attached hydrogen (secondary N) is 1. The molecule has 1 rings (SSSR count). The maximum atomic E-state index is 9.37. The molecule has 126 valence electrons. The van der Waals surface area contributed by atoms with Crippen LogP contribution in [0.1, 0.15) is 84.5 Å². The summed E-state index contributed by atoms with van der Waals surface area (Å²) in [5, 5.41) is 13.2. The molecule has 21 heavy (non-hydrogen) atoms. The van der Waals surface area contributed by atoms with Crippen molar-refractivity contribution in [3.05, 3.63) is 0 Å². The molecule has 0 heterocycles. The monoisotopic (exact) mass is 298 g/mol. The molecule has 2 atom stereocenters. The molecule has 0 saturated heterocycles. The minimum Gasteiger partial charge on any atom is -0.396 e. The molecule has 3 nitrogen and oxygen atoms in total. The van der Waals surface area contributed by atoms with Crippen molar-refractivity contribution in [2.45, 2.75) is 96.1 Å². The van der Waals surface area contributed by atoms with Crippen LogP contribution in [0.2, 0.25) is 0 Å². The summed E-state index contributed by atoms with van der Waals surface area (Å²) in [6.45, 7) is 5.26. The second-order valence-corrected chi connectivity index (χ2v) is 7.26. The molecule has 3 heteroatoms. The number of aliphatic hydroxyl groups is 1. The van der Waals surface area contributed by atoms with Gasteiger partial charge in [-0.05, 0) is 25.7 Å². The molecule has 2 unspecified atom stereocenters. The quantitative estimate of drug-likeness (QED) is 0.727. The first kappa shape index (κ1) is 18.9. The number of hydrogen-bond acceptors (Lipinski definition) is 3. The van der Waals surface area contributed by atoms with Gasteiger partial charge in [-0.25, -0.2) is 0 Å². The van der Waals surface area contributed by atoms with E-state index in [0.717, 1.165) is 6.54 Å². The van der Waals surface area contributed by atoms with E-state index in [9.17, 15) is 5.11 Å². The van der Waals surface area contributed by atoms with E-state index in [1.807, 2.05) is 0 Å². The third kappa shape index (κ3) is 7.12. The molecular weight excluding hydrogens is 260 g/mol. The Morgan fingerprint density at radius 1 is 0.905 bits per heavy atom. The van der Waals surface area contributed by atoms with Gasteiger partial charge >= 0.3 is 0 Å². The fourth-order valence-electron chi connectivity index (χ4n) is 3.48. The summed E-state index contributed by atoms with van der Waals surface area (Å²) in [6, 6.07) is 0.325. The topological polar surface area (TPSA) is 58.3 Å². The van der Waals surface area contributed by atoms with E-state index in [1.54, 1.807) is 0 Å². The van der Waals surface area contributed by atoms with Crippen LogP contribution in [0.3, 0.4) is 0 Å². The van der Waals surface area contributed by atoms with Crippen molar-refractivity contribution in [1.29, 1.82) is 0 Å². The summed E-state index contributed by atoms with van der Waals surface area (Å²) >= 11 is 0. The molecule has 1 fully saturated rings. The van der Waals surface area contributed by atoms with E-state index < -0.39 is 0 Å². The Labute approximate surface area is 132 Å². The van der Waals surface area contributed by atoms with E-state index >= 15 is 0 Å². The summed E-state index contributed by atoms with van der Waals surface area (Å²) in [6.07, 6.45) is 14.6. The largest absolute Gasteiger partial charge is 0.396 e. The summed E-state index contributed by atoms with van der Waals surface area (Å²) in [5.74, 6) is 0.287. The molecular formula is C18H38N2O. The fourth-order valence-corrected chi connectivity index (χ4v) is 3.48. The Balaban J connectivity index is 2.61. The fraction of sp³-hybridized carbons (Fsp3) is 1.00. The predicted octanol–water partition coefficient (Wildman–Crippen LogP) is 3.60. The molecule has 0 spiro atoms. The van der Waals surface area contributed by atoms with Crippen molar-refractivity contribution in [3.8, 4) is 0 Å². The first-order valence-electron chi connectivity index (χ1n) is 9.22. The van der Waals surface area contributed by atoms with Gasteiger partial charge in [0.05, 0.1) is 0 Å². The molecule has 4 N–H and O–H groups in total. The first-order chi connectivity index (χ1) is 10.1. The molecule has 1 aliphatic carbocycles. The van der Waals surface area contributed by atoms with Crippen LogP contribution in [0, 0.1) is 5.92 Å². The lowest BCUT2D eigenvalue weighted by Gasteiger charge is -2.39. The van der Waals surface area contributed by atoms with Crippen molar-refractivity contribution < 1.29 is 5.11 Å². The lowest BCUT2D eigenvalue weighted by Crippen LogP contribution is -2.56. The van der Waals surface area contributed by atoms with Crippen LogP contribution in [0.15, 0.2) is 0 Å². The number of hydrogen-bond donors (Lipinski definition) is 3. The average molecular weight is 299 g/mol. The Morgan fingerprint density at radius 3 is 1.71 bits per heavy atom. The lowest BCUT2D eigenvalue weighted by molar-refractivity contribution is 0.166. The van der Waals surface area contributed by atoms with Gasteiger partial charge in [0.15, 0.2) is 0 Å². The van der Waals surface area contributed by atoms with Crippen LogP contribution in [0.25, 0.3) is 0 Å². The van der Waals surface area contributed by atoms with E-state index in [1.165, 1.54) is 70.6 Å². The van der Waals surface area contributed by atoms with Gasteiger partial charge in [-0.15, -0.1) is 0 Å². The van der Waals surface area contributed by atoms with Crippen molar-refractivity contribution >= 4 is 0 Å². The highest BCUT2D eigenvalue weighted by Crippen LogP contribution is 2.25. The van der Waals surface area contributed by atoms with Crippen LogP contribution in [-0.2, 0) is 0 Å². The van der Waals surface area contributed by atoms with Crippen molar-refractivity contribution in [2.75, 3.05) is 13.2 Å². The maximum Gasteiger partial charge on any atom is 0.0471 e. The van der Waals surface area contributed by atoms with Gasteiger partial charge < -0.3 is 16.2 Å². The van der Waals surface area contributed by atoms with Crippen molar-refractivity contribution in [1.82, 2.24) is 5.32 Å². The minimum absolute atomic E-state index is 0.0854. The molecule has 1 aliphatic rings. The van der Waals surface area contributed by atoms with Gasteiger partial charge in [-0.1, -0.05) is 64.7 Å². The summed E-state index contributed by atoms with van der Waals surface area (Å²) < 4.78 is 0. The Kier molecular flexibility index (Phi) is 9.54. The van der Waals surface area contributed by atoms with E-state index in [4.69, 9.17) is 5.73 Å². The van der Waals surface area contributed by atoms with Crippen molar-refractivity contribution in [2.24, 2.45) is 11.7 Å². The normalized spacial score (nSPS) is 24.6. The van der Waals surface area contributed by atoms with Crippen LogP contribution in [-0.4, -0.2) is 29.8 Å². The van der Waals surface area contributed by atoms with Gasteiger partial charge in [-0.3, -0.25) is 0 Å². The van der Waals surface area contributed by atoms with Crippen LogP contribution >= 0.6 is 0 Å². The van der Waals surface area contributed by atoms with Crippen LogP contribution in [0.4, 0.5) is 0 Å². The number of aliphatic hydroxyl groups excluding tert-OH is 1. The molecule has 0 bridgehead atoms. The van der Waals surface area contributed by atoms with Gasteiger partial charge in [0.1, 0.15) is 0 Å². The highest BCUT2D eigenvalue weighted by atomic mass is 16.3. The van der Waals surface area contributed by atoms with Crippen molar-refractivity contribution in [3.63, 3.8) is 0 Å². The summed E-state index contributed by atoms with van der Waals surface area (Å²) in [4.78, 5) is 0. The average Bonchev–Trinajstić information content (AvgIpc) is 2.49. The highest BCUT2D eigenvalue weighted by Gasteiger charge is 2.30. The zero-order valence-electron chi connectivity index (χ0n) is 14.4. The molecule has 0 aromatic heterocycles. The Hall–Kier alpha value is -0.120. The smallest absolute Gasteiger partial charge is 0.0471 e. The third-order valence-corrected chi connectivity index (χ3v) is 5.38. The number of rotatable bonds is 5. The summed E-state index contributed by atoms with van der Waals surface area (Å²) in [5.41, 5.74) is 6.27.